The van der Waals surface area contributed by atoms with E-state index in [1.54, 1.807) is 12.1 Å². The molecule has 0 saturated carbocycles. The van der Waals surface area contributed by atoms with Gasteiger partial charge in [-0.25, -0.2) is 0 Å². The SMILES string of the molecule is CCC(CC#N)Nc1cccc(C#N)c1. The van der Waals surface area contributed by atoms with Gasteiger partial charge in [-0.05, 0) is 24.6 Å². The average Bonchev–Trinajstić information content (AvgIpc) is 2.29. The largest absolute Gasteiger partial charge is 0.381 e. The summed E-state index contributed by atoms with van der Waals surface area (Å²) in [6, 6.07) is 11.7. The molecule has 0 radical (unpaired) electrons. The highest BCUT2D eigenvalue weighted by Crippen LogP contribution is 2.13. The minimum Gasteiger partial charge on any atom is -0.381 e. The van der Waals surface area contributed by atoms with Crippen LogP contribution in [0.1, 0.15) is 25.3 Å². The first-order chi connectivity index (χ1) is 7.30. The molecule has 0 bridgehead atoms. The quantitative estimate of drug-likeness (QED) is 0.810. The molecule has 0 saturated heterocycles. The maximum Gasteiger partial charge on any atom is 0.0992 e. The second-order valence-corrected chi connectivity index (χ2v) is 3.30. The number of anilines is 1. The predicted octanol–water partition coefficient (Wildman–Crippen LogP) is 2.66. The van der Waals surface area contributed by atoms with E-state index < -0.39 is 0 Å². The Morgan fingerprint density at radius 2 is 2.20 bits per heavy atom. The molecule has 3 heteroatoms. The number of benzene rings is 1. The molecule has 0 aromatic heterocycles. The van der Waals surface area contributed by atoms with Crippen molar-refractivity contribution in [2.24, 2.45) is 0 Å². The topological polar surface area (TPSA) is 59.6 Å². The van der Waals surface area contributed by atoms with E-state index in [0.717, 1.165) is 12.1 Å². The van der Waals surface area contributed by atoms with E-state index in [1.807, 2.05) is 19.1 Å². The van der Waals surface area contributed by atoms with Gasteiger partial charge >= 0.3 is 0 Å². The smallest absolute Gasteiger partial charge is 0.0992 e. The maximum absolute atomic E-state index is 8.73. The van der Waals surface area contributed by atoms with Crippen LogP contribution in [0.3, 0.4) is 0 Å². The second kappa shape index (κ2) is 5.67. The molecule has 76 valence electrons. The molecule has 1 rings (SSSR count). The number of rotatable bonds is 4. The van der Waals surface area contributed by atoms with Gasteiger partial charge in [-0.1, -0.05) is 13.0 Å². The summed E-state index contributed by atoms with van der Waals surface area (Å²) >= 11 is 0. The molecule has 3 nitrogen and oxygen atoms in total. The first kappa shape index (κ1) is 11.1. The molecule has 0 spiro atoms. The maximum atomic E-state index is 8.73. The lowest BCUT2D eigenvalue weighted by Crippen LogP contribution is -2.17. The van der Waals surface area contributed by atoms with Gasteiger partial charge < -0.3 is 5.32 Å². The summed E-state index contributed by atoms with van der Waals surface area (Å²) in [4.78, 5) is 0. The standard InChI is InChI=1S/C12H13N3/c1-2-11(6-7-13)15-12-5-3-4-10(8-12)9-14/h3-5,8,11,15H,2,6H2,1H3. The van der Waals surface area contributed by atoms with Crippen molar-refractivity contribution in [2.75, 3.05) is 5.32 Å². The van der Waals surface area contributed by atoms with Crippen LogP contribution in [-0.2, 0) is 0 Å². The van der Waals surface area contributed by atoms with E-state index in [1.165, 1.54) is 0 Å². The van der Waals surface area contributed by atoms with Crippen molar-refractivity contribution in [2.45, 2.75) is 25.8 Å². The van der Waals surface area contributed by atoms with Crippen LogP contribution in [0.2, 0.25) is 0 Å². The summed E-state index contributed by atoms with van der Waals surface area (Å²) in [6.45, 7) is 2.03. The van der Waals surface area contributed by atoms with Gasteiger partial charge in [0.25, 0.3) is 0 Å². The minimum atomic E-state index is 0.156. The van der Waals surface area contributed by atoms with Gasteiger partial charge in [-0.3, -0.25) is 0 Å². The van der Waals surface area contributed by atoms with E-state index >= 15 is 0 Å². The van der Waals surface area contributed by atoms with E-state index in [9.17, 15) is 0 Å². The summed E-state index contributed by atoms with van der Waals surface area (Å²) in [5.41, 5.74) is 1.53. The molecule has 1 N–H and O–H groups in total. The molecule has 1 aromatic carbocycles. The molecular weight excluding hydrogens is 186 g/mol. The molecule has 0 aliphatic heterocycles. The number of hydrogen-bond acceptors (Lipinski definition) is 3. The fourth-order valence-corrected chi connectivity index (χ4v) is 1.32. The van der Waals surface area contributed by atoms with Gasteiger partial charge in [0.15, 0.2) is 0 Å². The highest BCUT2D eigenvalue weighted by atomic mass is 14.9. The molecule has 1 atom stereocenters. The minimum absolute atomic E-state index is 0.156. The molecule has 0 heterocycles. The Morgan fingerprint density at radius 1 is 1.40 bits per heavy atom. The Balaban J connectivity index is 2.72. The van der Waals surface area contributed by atoms with Crippen LogP contribution in [0.5, 0.6) is 0 Å². The molecule has 0 aliphatic rings. The number of nitriles is 2. The van der Waals surface area contributed by atoms with E-state index in [-0.39, 0.29) is 6.04 Å². The highest BCUT2D eigenvalue weighted by molar-refractivity contribution is 5.49. The van der Waals surface area contributed by atoms with Crippen molar-refractivity contribution < 1.29 is 0 Å². The summed E-state index contributed by atoms with van der Waals surface area (Å²) in [5.74, 6) is 0. The summed E-state index contributed by atoms with van der Waals surface area (Å²) in [5, 5.41) is 20.6. The first-order valence-electron chi connectivity index (χ1n) is 4.93. The van der Waals surface area contributed by atoms with Gasteiger partial charge in [0, 0.05) is 11.7 Å². The zero-order valence-corrected chi connectivity index (χ0v) is 8.70. The van der Waals surface area contributed by atoms with Gasteiger partial charge in [-0.15, -0.1) is 0 Å². The fourth-order valence-electron chi connectivity index (χ4n) is 1.32. The van der Waals surface area contributed by atoms with Crippen molar-refractivity contribution in [3.63, 3.8) is 0 Å². The first-order valence-corrected chi connectivity index (χ1v) is 4.93. The van der Waals surface area contributed by atoms with Crippen molar-refractivity contribution >= 4 is 5.69 Å². The van der Waals surface area contributed by atoms with Crippen LogP contribution in [0.4, 0.5) is 5.69 Å². The number of hydrogen-bond donors (Lipinski definition) is 1. The van der Waals surface area contributed by atoms with Crippen molar-refractivity contribution in [3.8, 4) is 12.1 Å². The third-order valence-electron chi connectivity index (χ3n) is 2.19. The normalized spacial score (nSPS) is 11.1. The van der Waals surface area contributed by atoms with Gasteiger partial charge in [-0.2, -0.15) is 10.5 Å². The third-order valence-corrected chi connectivity index (χ3v) is 2.19. The highest BCUT2D eigenvalue weighted by Gasteiger charge is 2.05. The molecule has 0 amide bonds. The average molecular weight is 199 g/mol. The Bertz CT molecular complexity index is 398. The van der Waals surface area contributed by atoms with Crippen LogP contribution < -0.4 is 5.32 Å². The lowest BCUT2D eigenvalue weighted by molar-refractivity contribution is 0.711. The molecule has 1 unspecified atom stereocenters. The van der Waals surface area contributed by atoms with Crippen molar-refractivity contribution in [1.82, 2.24) is 0 Å². The predicted molar refractivity (Wildman–Crippen MR) is 59.1 cm³/mol. The molecular formula is C12H13N3. The summed E-state index contributed by atoms with van der Waals surface area (Å²) in [6.07, 6.45) is 1.37. The molecule has 1 aromatic rings. The van der Waals surface area contributed by atoms with E-state index in [4.69, 9.17) is 10.5 Å². The molecule has 0 aliphatic carbocycles. The van der Waals surface area contributed by atoms with Crippen LogP contribution >= 0.6 is 0 Å². The third kappa shape index (κ3) is 3.32. The zero-order valence-electron chi connectivity index (χ0n) is 8.70. The zero-order chi connectivity index (χ0) is 11.1. The number of nitrogens with one attached hydrogen (secondary N) is 1. The summed E-state index contributed by atoms with van der Waals surface area (Å²) in [7, 11) is 0. The van der Waals surface area contributed by atoms with Crippen molar-refractivity contribution in [3.05, 3.63) is 29.8 Å². The Morgan fingerprint density at radius 3 is 2.80 bits per heavy atom. The van der Waals surface area contributed by atoms with Crippen molar-refractivity contribution in [1.29, 1.82) is 10.5 Å². The Kier molecular flexibility index (Phi) is 4.19. The van der Waals surface area contributed by atoms with Crippen LogP contribution in [0.25, 0.3) is 0 Å². The fraction of sp³-hybridized carbons (Fsp3) is 0.333. The molecule has 15 heavy (non-hydrogen) atoms. The lowest BCUT2D eigenvalue weighted by Gasteiger charge is -2.14. The Labute approximate surface area is 90.0 Å². The van der Waals surface area contributed by atoms with E-state index in [0.29, 0.717) is 12.0 Å². The Hall–Kier alpha value is -2.00. The second-order valence-electron chi connectivity index (χ2n) is 3.30. The summed E-state index contributed by atoms with van der Waals surface area (Å²) < 4.78 is 0. The van der Waals surface area contributed by atoms with Gasteiger partial charge in [0.05, 0.1) is 24.1 Å². The van der Waals surface area contributed by atoms with Gasteiger partial charge in [0.1, 0.15) is 0 Å². The van der Waals surface area contributed by atoms with Gasteiger partial charge in [0.2, 0.25) is 0 Å². The number of nitrogens with zero attached hydrogens (tertiary/aromatic N) is 2. The monoisotopic (exact) mass is 199 g/mol. The lowest BCUT2D eigenvalue weighted by atomic mass is 10.1. The van der Waals surface area contributed by atoms with Crippen LogP contribution in [0, 0.1) is 22.7 Å². The van der Waals surface area contributed by atoms with Crippen LogP contribution in [0.15, 0.2) is 24.3 Å². The van der Waals surface area contributed by atoms with Crippen LogP contribution in [-0.4, -0.2) is 6.04 Å². The van der Waals surface area contributed by atoms with E-state index in [2.05, 4.69) is 17.5 Å². The molecule has 0 fully saturated rings.